The minimum atomic E-state index is -1.38. The van der Waals surface area contributed by atoms with Gasteiger partial charge in [0.1, 0.15) is 8.07 Å². The van der Waals surface area contributed by atoms with Gasteiger partial charge in [-0.15, -0.1) is 5.54 Å². The summed E-state index contributed by atoms with van der Waals surface area (Å²) in [5.74, 6) is 3.28. The molecule has 1 nitrogen and oxygen atoms in total. The van der Waals surface area contributed by atoms with E-state index >= 15 is 0 Å². The van der Waals surface area contributed by atoms with Crippen molar-refractivity contribution in [3.05, 3.63) is 53.2 Å². The molecule has 3 heteroatoms. The Morgan fingerprint density at radius 3 is 2.37 bits per heavy atom. The lowest BCUT2D eigenvalue weighted by Crippen LogP contribution is -2.16. The molecule has 1 aromatic carbocycles. The Morgan fingerprint density at radius 2 is 1.74 bits per heavy atom. The number of aromatic nitrogens is 1. The molecular weight excluding hydrogens is 270 g/mol. The van der Waals surface area contributed by atoms with Gasteiger partial charge in [-0.2, -0.15) is 0 Å². The first kappa shape index (κ1) is 13.9. The van der Waals surface area contributed by atoms with E-state index in [1.807, 2.05) is 36.4 Å². The van der Waals surface area contributed by atoms with Crippen molar-refractivity contribution in [2.45, 2.75) is 19.6 Å². The molecule has 0 N–H and O–H groups in total. The van der Waals surface area contributed by atoms with Crippen LogP contribution in [0.4, 0.5) is 0 Å². The van der Waals surface area contributed by atoms with E-state index < -0.39 is 8.07 Å². The van der Waals surface area contributed by atoms with Crippen molar-refractivity contribution in [3.8, 4) is 22.7 Å². The number of benzene rings is 1. The molecule has 19 heavy (non-hydrogen) atoms. The van der Waals surface area contributed by atoms with Crippen molar-refractivity contribution in [1.29, 1.82) is 0 Å². The Labute approximate surface area is 120 Å². The van der Waals surface area contributed by atoms with Gasteiger partial charge in [-0.3, -0.25) is 4.98 Å². The lowest BCUT2D eigenvalue weighted by atomic mass is 10.1. The number of nitrogens with zero attached hydrogens (tertiary/aromatic N) is 1. The highest BCUT2D eigenvalue weighted by atomic mass is 35.5. The van der Waals surface area contributed by atoms with E-state index in [2.05, 4.69) is 36.1 Å². The molecule has 0 radical (unpaired) electrons. The minimum Gasteiger partial charge on any atom is -0.255 e. The van der Waals surface area contributed by atoms with Crippen LogP contribution < -0.4 is 0 Å². The average Bonchev–Trinajstić information content (AvgIpc) is 2.37. The average molecular weight is 286 g/mol. The van der Waals surface area contributed by atoms with E-state index in [4.69, 9.17) is 11.6 Å². The van der Waals surface area contributed by atoms with Gasteiger partial charge in [0, 0.05) is 16.8 Å². The van der Waals surface area contributed by atoms with Crippen molar-refractivity contribution in [2.75, 3.05) is 0 Å². The Bertz CT molecular complexity index is 630. The van der Waals surface area contributed by atoms with E-state index in [0.717, 1.165) is 21.8 Å². The summed E-state index contributed by atoms with van der Waals surface area (Å²) in [6.07, 6.45) is 1.80. The van der Waals surface area contributed by atoms with Crippen LogP contribution in [0.1, 0.15) is 5.56 Å². The molecule has 0 bridgehead atoms. The fraction of sp³-hybridized carbons (Fsp3) is 0.188. The summed E-state index contributed by atoms with van der Waals surface area (Å²) in [7, 11) is -1.38. The highest BCUT2D eigenvalue weighted by molar-refractivity contribution is 6.83. The van der Waals surface area contributed by atoms with Gasteiger partial charge < -0.3 is 0 Å². The van der Waals surface area contributed by atoms with Crippen LogP contribution in [0.3, 0.4) is 0 Å². The fourth-order valence-electron chi connectivity index (χ4n) is 1.60. The molecule has 1 aromatic heterocycles. The van der Waals surface area contributed by atoms with E-state index in [1.54, 1.807) is 6.20 Å². The first-order chi connectivity index (χ1) is 8.96. The van der Waals surface area contributed by atoms with Crippen molar-refractivity contribution in [2.24, 2.45) is 0 Å². The number of halogens is 1. The molecule has 96 valence electrons. The SMILES string of the molecule is C[Si](C)(C)C#Cc1cccnc1-c1ccc(Cl)cc1. The molecule has 2 aromatic rings. The molecule has 0 aliphatic rings. The zero-order valence-electron chi connectivity index (χ0n) is 11.4. The standard InChI is InChI=1S/C16H16ClNSi/c1-19(2,3)12-10-13-5-4-11-18-16(13)14-6-8-15(17)9-7-14/h4-9,11H,1-3H3. The molecule has 0 unspecified atom stereocenters. The van der Waals surface area contributed by atoms with Crippen molar-refractivity contribution in [1.82, 2.24) is 4.98 Å². The molecule has 0 saturated carbocycles. The maximum atomic E-state index is 5.92. The lowest BCUT2D eigenvalue weighted by molar-refractivity contribution is 1.31. The van der Waals surface area contributed by atoms with Gasteiger partial charge in [-0.1, -0.05) is 49.3 Å². The minimum absolute atomic E-state index is 0.731. The monoisotopic (exact) mass is 285 g/mol. The summed E-state index contributed by atoms with van der Waals surface area (Å²) in [5, 5.41) is 0.731. The Hall–Kier alpha value is -1.56. The molecule has 0 fully saturated rings. The summed E-state index contributed by atoms with van der Waals surface area (Å²) in [6, 6.07) is 11.6. The molecule has 0 amide bonds. The Morgan fingerprint density at radius 1 is 1.05 bits per heavy atom. The third-order valence-corrected chi connectivity index (χ3v) is 3.62. The first-order valence-corrected chi connectivity index (χ1v) is 10.1. The van der Waals surface area contributed by atoms with Crippen LogP contribution in [0, 0.1) is 11.5 Å². The molecule has 0 saturated heterocycles. The van der Waals surface area contributed by atoms with E-state index in [-0.39, 0.29) is 0 Å². The molecular formula is C16H16ClNSi. The second-order valence-electron chi connectivity index (χ2n) is 5.41. The highest BCUT2D eigenvalue weighted by Gasteiger charge is 2.09. The number of hydrogen-bond acceptors (Lipinski definition) is 1. The molecule has 0 aliphatic carbocycles. The van der Waals surface area contributed by atoms with Gasteiger partial charge in [-0.05, 0) is 24.3 Å². The largest absolute Gasteiger partial charge is 0.255 e. The third kappa shape index (κ3) is 3.95. The van der Waals surface area contributed by atoms with Gasteiger partial charge >= 0.3 is 0 Å². The normalized spacial score (nSPS) is 10.7. The predicted molar refractivity (Wildman–Crippen MR) is 84.9 cm³/mol. The smallest absolute Gasteiger partial charge is 0.129 e. The van der Waals surface area contributed by atoms with Crippen molar-refractivity contribution < 1.29 is 0 Å². The van der Waals surface area contributed by atoms with Gasteiger partial charge in [0.15, 0.2) is 0 Å². The molecule has 2 rings (SSSR count). The predicted octanol–water partition coefficient (Wildman–Crippen LogP) is 4.63. The maximum absolute atomic E-state index is 5.92. The third-order valence-electron chi connectivity index (χ3n) is 2.50. The lowest BCUT2D eigenvalue weighted by Gasteiger charge is -2.06. The first-order valence-electron chi connectivity index (χ1n) is 6.20. The number of pyridine rings is 1. The van der Waals surface area contributed by atoms with Crippen molar-refractivity contribution >= 4 is 19.7 Å². The van der Waals surface area contributed by atoms with Crippen molar-refractivity contribution in [3.63, 3.8) is 0 Å². The van der Waals surface area contributed by atoms with Crippen LogP contribution in [-0.2, 0) is 0 Å². The quantitative estimate of drug-likeness (QED) is 0.550. The van der Waals surface area contributed by atoms with Crippen LogP contribution in [-0.4, -0.2) is 13.1 Å². The second-order valence-corrected chi connectivity index (χ2v) is 10.6. The zero-order chi connectivity index (χ0) is 13.9. The summed E-state index contributed by atoms with van der Waals surface area (Å²) >= 11 is 5.92. The van der Waals surface area contributed by atoms with Crippen LogP contribution in [0.25, 0.3) is 11.3 Å². The topological polar surface area (TPSA) is 12.9 Å². The van der Waals surface area contributed by atoms with Gasteiger partial charge in [0.2, 0.25) is 0 Å². The summed E-state index contributed by atoms with van der Waals surface area (Å²) in [6.45, 7) is 6.70. The molecule has 0 spiro atoms. The Kier molecular flexibility index (Phi) is 4.09. The van der Waals surface area contributed by atoms with Gasteiger partial charge in [0.05, 0.1) is 11.3 Å². The van der Waals surface area contributed by atoms with Crippen LogP contribution in [0.5, 0.6) is 0 Å². The maximum Gasteiger partial charge on any atom is 0.129 e. The molecule has 0 aliphatic heterocycles. The summed E-state index contributed by atoms with van der Waals surface area (Å²) in [4.78, 5) is 4.45. The summed E-state index contributed by atoms with van der Waals surface area (Å²) < 4.78 is 0. The van der Waals surface area contributed by atoms with Crippen LogP contribution in [0.2, 0.25) is 24.7 Å². The number of hydrogen-bond donors (Lipinski definition) is 0. The molecule has 1 heterocycles. The highest BCUT2D eigenvalue weighted by Crippen LogP contribution is 2.22. The van der Waals surface area contributed by atoms with E-state index in [9.17, 15) is 0 Å². The zero-order valence-corrected chi connectivity index (χ0v) is 13.1. The van der Waals surface area contributed by atoms with E-state index in [1.165, 1.54) is 0 Å². The van der Waals surface area contributed by atoms with Crippen LogP contribution >= 0.6 is 11.6 Å². The van der Waals surface area contributed by atoms with Gasteiger partial charge in [0.25, 0.3) is 0 Å². The number of rotatable bonds is 1. The fourth-order valence-corrected chi connectivity index (χ4v) is 2.23. The second kappa shape index (κ2) is 5.60. The Balaban J connectivity index is 2.46. The van der Waals surface area contributed by atoms with Crippen LogP contribution in [0.15, 0.2) is 42.6 Å². The summed E-state index contributed by atoms with van der Waals surface area (Å²) in [5.41, 5.74) is 6.33. The molecule has 0 atom stereocenters. The van der Waals surface area contributed by atoms with Gasteiger partial charge in [-0.25, -0.2) is 0 Å². The van der Waals surface area contributed by atoms with E-state index in [0.29, 0.717) is 0 Å².